The molecule has 0 unspecified atom stereocenters. The van der Waals surface area contributed by atoms with Crippen LogP contribution in [0, 0.1) is 0 Å². The van der Waals surface area contributed by atoms with E-state index in [9.17, 15) is 4.79 Å². The molecule has 0 aliphatic carbocycles. The molecule has 36 heavy (non-hydrogen) atoms. The average molecular weight is 499 g/mol. The van der Waals surface area contributed by atoms with E-state index < -0.39 is 5.97 Å². The average Bonchev–Trinajstić information content (AvgIpc) is 2.88. The number of allylic oxidation sites excluding steroid dienone is 3. The highest BCUT2D eigenvalue weighted by molar-refractivity contribution is 5.80. The van der Waals surface area contributed by atoms with Crippen LogP contribution in [0.4, 0.5) is 0 Å². The maximum Gasteiger partial charge on any atom is 0.328 e. The summed E-state index contributed by atoms with van der Waals surface area (Å²) in [4.78, 5) is 10.4. The molecule has 0 amide bonds. The van der Waals surface area contributed by atoms with E-state index in [4.69, 9.17) is 9.84 Å². The minimum Gasteiger partial charge on any atom is -0.478 e. The van der Waals surface area contributed by atoms with Crippen molar-refractivity contribution >= 4 is 5.97 Å². The summed E-state index contributed by atoms with van der Waals surface area (Å²) in [6, 6.07) is 10.5. The van der Waals surface area contributed by atoms with E-state index in [2.05, 4.69) is 43.3 Å². The van der Waals surface area contributed by atoms with Crippen LogP contribution in [0.25, 0.3) is 0 Å². The fourth-order valence-corrected chi connectivity index (χ4v) is 4.61. The van der Waals surface area contributed by atoms with Gasteiger partial charge in [-0.3, -0.25) is 0 Å². The summed E-state index contributed by atoms with van der Waals surface area (Å²) >= 11 is 0. The monoisotopic (exact) mass is 498 g/mol. The van der Waals surface area contributed by atoms with Gasteiger partial charge in [0.1, 0.15) is 0 Å². The van der Waals surface area contributed by atoms with Gasteiger partial charge in [0.2, 0.25) is 0 Å². The highest BCUT2D eigenvalue weighted by Crippen LogP contribution is 2.18. The number of aliphatic carboxylic acids is 1. The van der Waals surface area contributed by atoms with Gasteiger partial charge in [0, 0.05) is 6.08 Å². The van der Waals surface area contributed by atoms with Crippen LogP contribution in [-0.2, 0) is 16.1 Å². The van der Waals surface area contributed by atoms with Gasteiger partial charge < -0.3 is 9.84 Å². The molecule has 0 aliphatic rings. The van der Waals surface area contributed by atoms with Crippen molar-refractivity contribution in [1.29, 1.82) is 0 Å². The first-order valence-electron chi connectivity index (χ1n) is 14.9. The number of carbonyl (C=O) groups is 1. The summed E-state index contributed by atoms with van der Waals surface area (Å²) in [7, 11) is 0. The van der Waals surface area contributed by atoms with Crippen molar-refractivity contribution in [3.05, 3.63) is 60.2 Å². The number of rotatable bonds is 25. The molecule has 0 aromatic heterocycles. The maximum absolute atomic E-state index is 10.4. The van der Waals surface area contributed by atoms with Gasteiger partial charge >= 0.3 is 5.97 Å². The fourth-order valence-electron chi connectivity index (χ4n) is 4.61. The topological polar surface area (TPSA) is 46.5 Å². The van der Waals surface area contributed by atoms with Gasteiger partial charge in [-0.05, 0) is 31.2 Å². The predicted molar refractivity (Wildman–Crippen MR) is 154 cm³/mol. The molecule has 0 saturated carbocycles. The molecule has 3 heteroatoms. The molecule has 0 aliphatic heterocycles. The lowest BCUT2D eigenvalue weighted by molar-refractivity contribution is -0.131. The first-order valence-corrected chi connectivity index (χ1v) is 14.9. The van der Waals surface area contributed by atoms with Gasteiger partial charge in [0.15, 0.2) is 0 Å². The van der Waals surface area contributed by atoms with E-state index in [1.165, 1.54) is 114 Å². The van der Waals surface area contributed by atoms with Gasteiger partial charge in [-0.2, -0.15) is 0 Å². The van der Waals surface area contributed by atoms with E-state index in [0.717, 1.165) is 25.9 Å². The Hall–Kier alpha value is -1.87. The zero-order chi connectivity index (χ0) is 25.9. The van der Waals surface area contributed by atoms with Gasteiger partial charge in [-0.1, -0.05) is 152 Å². The molecule has 0 saturated heterocycles. The number of carboxylic acid groups (broad SMARTS) is 1. The highest BCUT2D eigenvalue weighted by atomic mass is 16.5. The third-order valence-corrected chi connectivity index (χ3v) is 6.84. The van der Waals surface area contributed by atoms with Crippen LogP contribution >= 0.6 is 0 Å². The standard InChI is InChI=1S/C33H54O3/c1-2-3-4-5-6-7-8-9-10-13-16-22-27-32(36-30-31-25-20-19-21-26-31)28-23-17-14-11-12-15-18-24-29-33(34)35/h15,18-21,24-26,29,32H,2-14,16-17,22-23,27-28,30H2,1H3,(H,34,35)/t32-/m1/s1. The minimum absolute atomic E-state index is 0.370. The van der Waals surface area contributed by atoms with Crippen LogP contribution in [0.1, 0.15) is 134 Å². The third kappa shape index (κ3) is 21.4. The lowest BCUT2D eigenvalue weighted by Gasteiger charge is -2.18. The summed E-state index contributed by atoms with van der Waals surface area (Å²) < 4.78 is 6.35. The zero-order valence-corrected chi connectivity index (χ0v) is 23.2. The Balaban J connectivity index is 2.15. The maximum atomic E-state index is 10.4. The van der Waals surface area contributed by atoms with Crippen molar-refractivity contribution in [2.45, 2.75) is 142 Å². The third-order valence-electron chi connectivity index (χ3n) is 6.84. The Kier molecular flexibility index (Phi) is 22.2. The highest BCUT2D eigenvalue weighted by Gasteiger charge is 2.09. The summed E-state index contributed by atoms with van der Waals surface area (Å²) in [6.07, 6.45) is 31.9. The first-order chi connectivity index (χ1) is 17.7. The number of carboxylic acids is 1. The van der Waals surface area contributed by atoms with Crippen LogP contribution < -0.4 is 0 Å². The summed E-state index contributed by atoms with van der Waals surface area (Å²) in [5, 5.41) is 8.58. The van der Waals surface area contributed by atoms with E-state index in [1.807, 2.05) is 6.08 Å². The Morgan fingerprint density at radius 2 is 1.28 bits per heavy atom. The van der Waals surface area contributed by atoms with Crippen molar-refractivity contribution in [2.75, 3.05) is 0 Å². The van der Waals surface area contributed by atoms with Crippen LogP contribution in [0.2, 0.25) is 0 Å². The van der Waals surface area contributed by atoms with Gasteiger partial charge in [0.05, 0.1) is 12.7 Å². The number of unbranched alkanes of at least 4 members (excludes halogenated alkanes) is 15. The lowest BCUT2D eigenvalue weighted by atomic mass is 10.0. The zero-order valence-electron chi connectivity index (χ0n) is 23.2. The Morgan fingerprint density at radius 3 is 1.83 bits per heavy atom. The van der Waals surface area contributed by atoms with Crippen molar-refractivity contribution < 1.29 is 14.6 Å². The Bertz CT molecular complexity index is 665. The molecule has 0 bridgehead atoms. The van der Waals surface area contributed by atoms with Crippen molar-refractivity contribution in [3.63, 3.8) is 0 Å². The summed E-state index contributed by atoms with van der Waals surface area (Å²) in [5.74, 6) is -0.896. The second-order valence-electron chi connectivity index (χ2n) is 10.2. The summed E-state index contributed by atoms with van der Waals surface area (Å²) in [5.41, 5.74) is 1.26. The number of ether oxygens (including phenoxy) is 1. The summed E-state index contributed by atoms with van der Waals surface area (Å²) in [6.45, 7) is 3.01. The molecule has 1 aromatic rings. The van der Waals surface area contributed by atoms with Gasteiger partial charge in [-0.15, -0.1) is 0 Å². The lowest BCUT2D eigenvalue weighted by Crippen LogP contribution is -2.13. The largest absolute Gasteiger partial charge is 0.478 e. The van der Waals surface area contributed by atoms with Crippen molar-refractivity contribution in [2.24, 2.45) is 0 Å². The molecule has 1 N–H and O–H groups in total. The molecule has 0 spiro atoms. The van der Waals surface area contributed by atoms with E-state index in [0.29, 0.717) is 6.10 Å². The first kappa shape index (κ1) is 32.2. The molecule has 204 valence electrons. The molecule has 1 aromatic carbocycles. The van der Waals surface area contributed by atoms with Crippen molar-refractivity contribution in [3.8, 4) is 0 Å². The van der Waals surface area contributed by atoms with Crippen LogP contribution in [0.15, 0.2) is 54.6 Å². The number of hydrogen-bond donors (Lipinski definition) is 1. The SMILES string of the molecule is CCCCCCCCCCCCCC[C@H](CCCCCCC=CC=CC(=O)O)OCc1ccccc1. The Morgan fingerprint density at radius 1 is 0.750 bits per heavy atom. The van der Waals surface area contributed by atoms with E-state index >= 15 is 0 Å². The van der Waals surface area contributed by atoms with Crippen LogP contribution in [0.5, 0.6) is 0 Å². The van der Waals surface area contributed by atoms with Crippen LogP contribution in [0.3, 0.4) is 0 Å². The number of benzene rings is 1. The van der Waals surface area contributed by atoms with Crippen molar-refractivity contribution in [1.82, 2.24) is 0 Å². The fraction of sp³-hybridized carbons (Fsp3) is 0.667. The second-order valence-corrected chi connectivity index (χ2v) is 10.2. The van der Waals surface area contributed by atoms with Gasteiger partial charge in [-0.25, -0.2) is 4.79 Å². The molecular weight excluding hydrogens is 444 g/mol. The smallest absolute Gasteiger partial charge is 0.328 e. The minimum atomic E-state index is -0.896. The predicted octanol–water partition coefficient (Wildman–Crippen LogP) is 10.2. The number of hydrogen-bond acceptors (Lipinski definition) is 2. The normalized spacial score (nSPS) is 12.6. The second kappa shape index (κ2) is 24.8. The molecule has 0 heterocycles. The van der Waals surface area contributed by atoms with E-state index in [-0.39, 0.29) is 0 Å². The molecule has 1 atom stereocenters. The van der Waals surface area contributed by atoms with E-state index in [1.54, 1.807) is 6.08 Å². The molecule has 0 radical (unpaired) electrons. The molecule has 0 fully saturated rings. The molecule has 1 rings (SSSR count). The molecule has 3 nitrogen and oxygen atoms in total. The Labute approximate surface area is 222 Å². The van der Waals surface area contributed by atoms with Crippen LogP contribution in [-0.4, -0.2) is 17.2 Å². The molecular formula is C33H54O3. The quantitative estimate of drug-likeness (QED) is 0.0828. The van der Waals surface area contributed by atoms with Gasteiger partial charge in [0.25, 0.3) is 0 Å².